The summed E-state index contributed by atoms with van der Waals surface area (Å²) in [6.07, 6.45) is 10.2. The molecule has 4 rings (SSSR count). The summed E-state index contributed by atoms with van der Waals surface area (Å²) >= 11 is 0. The first kappa shape index (κ1) is 15.9. The SMILES string of the molecule is COCCC(=O)N1CCC(N[C@@H]2C[C@H]3C[C@H]2[C@H]2CCC[C@H]32)CC1. The third kappa shape index (κ3) is 3.05. The van der Waals surface area contributed by atoms with E-state index in [1.165, 1.54) is 32.1 Å². The van der Waals surface area contributed by atoms with Crippen LogP contribution >= 0.6 is 0 Å². The van der Waals surface area contributed by atoms with Gasteiger partial charge in [0.1, 0.15) is 0 Å². The van der Waals surface area contributed by atoms with E-state index in [4.69, 9.17) is 4.74 Å². The van der Waals surface area contributed by atoms with Gasteiger partial charge in [-0.1, -0.05) is 6.42 Å². The van der Waals surface area contributed by atoms with Gasteiger partial charge in [-0.15, -0.1) is 0 Å². The van der Waals surface area contributed by atoms with Crippen molar-refractivity contribution in [1.82, 2.24) is 10.2 Å². The number of hydrogen-bond donors (Lipinski definition) is 1. The van der Waals surface area contributed by atoms with Crippen LogP contribution in [0, 0.1) is 23.7 Å². The highest BCUT2D eigenvalue weighted by atomic mass is 16.5. The Bertz CT molecular complexity index is 433. The van der Waals surface area contributed by atoms with Gasteiger partial charge in [0.2, 0.25) is 5.91 Å². The predicted octanol–water partition coefficient (Wildman–Crippen LogP) is 2.43. The summed E-state index contributed by atoms with van der Waals surface area (Å²) in [5.74, 6) is 4.38. The maximum absolute atomic E-state index is 12.1. The van der Waals surface area contributed by atoms with Crippen LogP contribution in [0.1, 0.15) is 51.4 Å². The molecule has 3 saturated carbocycles. The normalized spacial score (nSPS) is 39.9. The lowest BCUT2D eigenvalue weighted by molar-refractivity contribution is -0.133. The Morgan fingerprint density at radius 1 is 1.09 bits per heavy atom. The van der Waals surface area contributed by atoms with E-state index in [2.05, 4.69) is 5.32 Å². The molecule has 0 aromatic carbocycles. The summed E-state index contributed by atoms with van der Waals surface area (Å²) in [6, 6.07) is 1.41. The zero-order chi connectivity index (χ0) is 15.8. The maximum Gasteiger partial charge on any atom is 0.224 e. The van der Waals surface area contributed by atoms with Crippen molar-refractivity contribution < 1.29 is 9.53 Å². The molecule has 0 spiro atoms. The minimum Gasteiger partial charge on any atom is -0.384 e. The molecule has 130 valence electrons. The van der Waals surface area contributed by atoms with Crippen LogP contribution in [0.2, 0.25) is 0 Å². The number of ether oxygens (including phenoxy) is 1. The van der Waals surface area contributed by atoms with Crippen molar-refractivity contribution in [2.24, 2.45) is 23.7 Å². The zero-order valence-electron chi connectivity index (χ0n) is 14.5. The predicted molar refractivity (Wildman–Crippen MR) is 90.1 cm³/mol. The Morgan fingerprint density at radius 2 is 1.87 bits per heavy atom. The molecule has 3 aliphatic carbocycles. The van der Waals surface area contributed by atoms with Gasteiger partial charge in [0.15, 0.2) is 0 Å². The first-order chi connectivity index (χ1) is 11.3. The van der Waals surface area contributed by atoms with E-state index in [1.807, 2.05) is 4.90 Å². The van der Waals surface area contributed by atoms with Crippen molar-refractivity contribution >= 4 is 5.91 Å². The molecular formula is C19H32N2O2. The molecule has 1 amide bonds. The van der Waals surface area contributed by atoms with Gasteiger partial charge >= 0.3 is 0 Å². The molecule has 5 atom stereocenters. The highest BCUT2D eigenvalue weighted by Gasteiger charge is 2.53. The molecule has 0 aromatic heterocycles. The van der Waals surface area contributed by atoms with Crippen LogP contribution in [0.3, 0.4) is 0 Å². The van der Waals surface area contributed by atoms with Crippen molar-refractivity contribution in [2.45, 2.75) is 63.5 Å². The highest BCUT2D eigenvalue weighted by Crippen LogP contribution is 2.58. The molecule has 4 heteroatoms. The molecule has 4 fully saturated rings. The molecular weight excluding hydrogens is 288 g/mol. The molecule has 1 heterocycles. The second-order valence-electron chi connectivity index (χ2n) is 8.32. The second-order valence-corrected chi connectivity index (χ2v) is 8.32. The minimum atomic E-state index is 0.263. The minimum absolute atomic E-state index is 0.263. The maximum atomic E-state index is 12.1. The standard InChI is InChI=1S/C19H32N2O2/c1-23-10-7-19(22)21-8-5-14(6-9-21)20-18-12-13-11-17(18)16-4-2-3-15(13)16/h13-18,20H,2-12H2,1H3/t13-,15-,16+,17+,18-/m1/s1. The van der Waals surface area contributed by atoms with Crippen molar-refractivity contribution in [3.05, 3.63) is 0 Å². The number of amides is 1. The summed E-state index contributed by atoms with van der Waals surface area (Å²) < 4.78 is 5.02. The monoisotopic (exact) mass is 320 g/mol. The Balaban J connectivity index is 1.24. The fraction of sp³-hybridized carbons (Fsp3) is 0.947. The van der Waals surface area contributed by atoms with Gasteiger partial charge in [-0.2, -0.15) is 0 Å². The average molecular weight is 320 g/mol. The Morgan fingerprint density at radius 3 is 2.65 bits per heavy atom. The van der Waals surface area contributed by atoms with E-state index in [9.17, 15) is 4.79 Å². The third-order valence-electron chi connectivity index (χ3n) is 7.25. The molecule has 0 radical (unpaired) electrons. The highest BCUT2D eigenvalue weighted by molar-refractivity contribution is 5.76. The van der Waals surface area contributed by atoms with Crippen molar-refractivity contribution in [2.75, 3.05) is 26.8 Å². The van der Waals surface area contributed by atoms with Gasteiger partial charge < -0.3 is 15.0 Å². The van der Waals surface area contributed by atoms with Crippen LogP contribution in [0.5, 0.6) is 0 Å². The van der Waals surface area contributed by atoms with Gasteiger partial charge in [0.05, 0.1) is 13.0 Å². The largest absolute Gasteiger partial charge is 0.384 e. The summed E-state index contributed by atoms with van der Waals surface area (Å²) in [7, 11) is 1.66. The van der Waals surface area contributed by atoms with Gasteiger partial charge in [0, 0.05) is 32.3 Å². The molecule has 4 aliphatic rings. The fourth-order valence-corrected chi connectivity index (χ4v) is 6.21. The van der Waals surface area contributed by atoms with Crippen LogP contribution in [0.4, 0.5) is 0 Å². The molecule has 1 saturated heterocycles. The molecule has 0 unspecified atom stereocenters. The number of piperidine rings is 1. The first-order valence-electron chi connectivity index (χ1n) is 9.79. The fourth-order valence-electron chi connectivity index (χ4n) is 6.21. The summed E-state index contributed by atoms with van der Waals surface area (Å²) in [4.78, 5) is 14.1. The van der Waals surface area contributed by atoms with Crippen LogP contribution in [-0.4, -0.2) is 49.7 Å². The number of fused-ring (bicyclic) bond motifs is 5. The number of rotatable bonds is 5. The van der Waals surface area contributed by atoms with Crippen molar-refractivity contribution in [3.8, 4) is 0 Å². The third-order valence-corrected chi connectivity index (χ3v) is 7.25. The lowest BCUT2D eigenvalue weighted by Gasteiger charge is -2.38. The van der Waals surface area contributed by atoms with Gasteiger partial charge in [0.25, 0.3) is 0 Å². The van der Waals surface area contributed by atoms with E-state index >= 15 is 0 Å². The molecule has 2 bridgehead atoms. The number of nitrogens with zero attached hydrogens (tertiary/aromatic N) is 1. The van der Waals surface area contributed by atoms with Crippen LogP contribution in [0.25, 0.3) is 0 Å². The summed E-state index contributed by atoms with van der Waals surface area (Å²) in [5.41, 5.74) is 0. The zero-order valence-corrected chi connectivity index (χ0v) is 14.5. The molecule has 1 N–H and O–H groups in total. The molecule has 23 heavy (non-hydrogen) atoms. The topological polar surface area (TPSA) is 41.6 Å². The average Bonchev–Trinajstić information content (AvgIpc) is 3.26. The van der Waals surface area contributed by atoms with Crippen LogP contribution in [0.15, 0.2) is 0 Å². The van der Waals surface area contributed by atoms with E-state index in [0.717, 1.165) is 55.6 Å². The van der Waals surface area contributed by atoms with E-state index in [1.54, 1.807) is 7.11 Å². The second kappa shape index (κ2) is 6.72. The quantitative estimate of drug-likeness (QED) is 0.846. The first-order valence-corrected chi connectivity index (χ1v) is 9.79. The Kier molecular flexibility index (Phi) is 4.64. The molecule has 4 nitrogen and oxygen atoms in total. The van der Waals surface area contributed by atoms with E-state index in [-0.39, 0.29) is 5.91 Å². The summed E-state index contributed by atoms with van der Waals surface area (Å²) in [6.45, 7) is 2.39. The van der Waals surface area contributed by atoms with Crippen LogP contribution < -0.4 is 5.32 Å². The Labute approximate surface area is 140 Å². The Hall–Kier alpha value is -0.610. The van der Waals surface area contributed by atoms with Crippen LogP contribution in [-0.2, 0) is 9.53 Å². The van der Waals surface area contributed by atoms with E-state index in [0.29, 0.717) is 19.1 Å². The van der Waals surface area contributed by atoms with Gasteiger partial charge in [-0.3, -0.25) is 4.79 Å². The van der Waals surface area contributed by atoms with Crippen molar-refractivity contribution in [1.29, 1.82) is 0 Å². The van der Waals surface area contributed by atoms with E-state index < -0.39 is 0 Å². The van der Waals surface area contributed by atoms with Gasteiger partial charge in [-0.05, 0) is 62.2 Å². The number of carbonyl (C=O) groups excluding carboxylic acids is 1. The lowest BCUT2D eigenvalue weighted by Crippen LogP contribution is -2.50. The number of carbonyl (C=O) groups is 1. The number of methoxy groups -OCH3 is 1. The number of likely N-dealkylation sites (tertiary alicyclic amines) is 1. The smallest absolute Gasteiger partial charge is 0.224 e. The molecule has 0 aromatic rings. The summed E-state index contributed by atoms with van der Waals surface area (Å²) in [5, 5.41) is 4.00. The number of nitrogens with one attached hydrogen (secondary N) is 1. The van der Waals surface area contributed by atoms with Crippen molar-refractivity contribution in [3.63, 3.8) is 0 Å². The van der Waals surface area contributed by atoms with Gasteiger partial charge in [-0.25, -0.2) is 0 Å². The number of hydrogen-bond acceptors (Lipinski definition) is 3. The lowest BCUT2D eigenvalue weighted by atomic mass is 9.78. The molecule has 1 aliphatic heterocycles.